The van der Waals surface area contributed by atoms with Crippen molar-refractivity contribution in [1.82, 2.24) is 0 Å². The Morgan fingerprint density at radius 1 is 1.00 bits per heavy atom. The van der Waals surface area contributed by atoms with Gasteiger partial charge in [0.25, 0.3) is 0 Å². The van der Waals surface area contributed by atoms with Gasteiger partial charge in [-0.1, -0.05) is 62.3 Å². The fourth-order valence-corrected chi connectivity index (χ4v) is 3.31. The second kappa shape index (κ2) is 6.87. The minimum atomic E-state index is 0.191. The average molecular weight is 320 g/mol. The van der Waals surface area contributed by atoms with Gasteiger partial charge < -0.3 is 5.73 Å². The first-order chi connectivity index (χ1) is 9.90. The Morgan fingerprint density at radius 3 is 2.14 bits per heavy atom. The second-order valence-electron chi connectivity index (χ2n) is 6.17. The highest BCUT2D eigenvalue weighted by molar-refractivity contribution is 7.99. The zero-order valence-electron chi connectivity index (χ0n) is 12.8. The van der Waals surface area contributed by atoms with Crippen LogP contribution in [0.15, 0.2) is 52.3 Å². The number of nitrogens with two attached hydrogens (primary N) is 1. The van der Waals surface area contributed by atoms with Crippen molar-refractivity contribution in [2.24, 2.45) is 5.73 Å². The molecule has 0 atom stereocenters. The molecule has 2 aromatic carbocycles. The Morgan fingerprint density at radius 2 is 1.62 bits per heavy atom. The molecule has 0 fully saturated rings. The Kier molecular flexibility index (Phi) is 5.37. The highest BCUT2D eigenvalue weighted by atomic mass is 35.5. The van der Waals surface area contributed by atoms with E-state index in [0.29, 0.717) is 6.54 Å². The third kappa shape index (κ3) is 4.50. The fourth-order valence-electron chi connectivity index (χ4n) is 2.11. The quantitative estimate of drug-likeness (QED) is 0.828. The summed E-state index contributed by atoms with van der Waals surface area (Å²) < 4.78 is 0. The van der Waals surface area contributed by atoms with E-state index in [1.54, 1.807) is 11.8 Å². The molecule has 3 heteroatoms. The summed E-state index contributed by atoms with van der Waals surface area (Å²) in [6.45, 7) is 7.31. The minimum Gasteiger partial charge on any atom is -0.330 e. The van der Waals surface area contributed by atoms with Crippen LogP contribution in [0.2, 0.25) is 5.02 Å². The topological polar surface area (TPSA) is 26.0 Å². The van der Waals surface area contributed by atoms with Crippen LogP contribution in [0.1, 0.15) is 31.9 Å². The van der Waals surface area contributed by atoms with Gasteiger partial charge in [-0.15, -0.1) is 0 Å². The molecule has 0 amide bonds. The number of hydrogen-bond donors (Lipinski definition) is 1. The molecule has 0 spiro atoms. The summed E-state index contributed by atoms with van der Waals surface area (Å²) in [6.07, 6.45) is 0.823. The first-order valence-corrected chi connectivity index (χ1v) is 8.36. The first-order valence-electron chi connectivity index (χ1n) is 7.17. The van der Waals surface area contributed by atoms with Gasteiger partial charge in [0.2, 0.25) is 0 Å². The SMILES string of the molecule is CC(C)(C)c1ccc(Sc2ccc(CCN)c(Cl)c2)cc1. The van der Waals surface area contributed by atoms with Crippen LogP contribution in [-0.4, -0.2) is 6.54 Å². The molecule has 0 bridgehead atoms. The van der Waals surface area contributed by atoms with Gasteiger partial charge >= 0.3 is 0 Å². The molecule has 2 N–H and O–H groups in total. The predicted octanol–water partition coefficient (Wildman–Crippen LogP) is 5.29. The molecular formula is C18H22ClNS. The molecule has 0 radical (unpaired) electrons. The van der Waals surface area contributed by atoms with Crippen molar-refractivity contribution in [2.75, 3.05) is 6.54 Å². The summed E-state index contributed by atoms with van der Waals surface area (Å²) in [5.41, 5.74) is 8.23. The molecule has 0 heterocycles. The normalized spacial score (nSPS) is 11.7. The van der Waals surface area contributed by atoms with E-state index < -0.39 is 0 Å². The molecule has 0 aliphatic heterocycles. The van der Waals surface area contributed by atoms with E-state index >= 15 is 0 Å². The number of halogens is 1. The third-order valence-corrected chi connectivity index (χ3v) is 4.74. The van der Waals surface area contributed by atoms with E-state index in [1.165, 1.54) is 10.5 Å². The van der Waals surface area contributed by atoms with Crippen molar-refractivity contribution in [2.45, 2.75) is 42.4 Å². The summed E-state index contributed by atoms with van der Waals surface area (Å²) in [5.74, 6) is 0. The van der Waals surface area contributed by atoms with Gasteiger partial charge in [-0.05, 0) is 53.8 Å². The van der Waals surface area contributed by atoms with E-state index in [2.05, 4.69) is 57.2 Å². The Hall–Kier alpha value is -0.960. The van der Waals surface area contributed by atoms with E-state index in [-0.39, 0.29) is 5.41 Å². The molecule has 0 unspecified atom stereocenters. The molecule has 0 saturated carbocycles. The maximum atomic E-state index is 6.29. The largest absolute Gasteiger partial charge is 0.330 e. The summed E-state index contributed by atoms with van der Waals surface area (Å²) >= 11 is 8.02. The Balaban J connectivity index is 2.13. The number of rotatable bonds is 4. The average Bonchev–Trinajstić information content (AvgIpc) is 2.42. The lowest BCUT2D eigenvalue weighted by Crippen LogP contribution is -2.10. The van der Waals surface area contributed by atoms with Crippen LogP contribution in [0.4, 0.5) is 0 Å². The van der Waals surface area contributed by atoms with Crippen LogP contribution in [0.25, 0.3) is 0 Å². The van der Waals surface area contributed by atoms with Gasteiger partial charge in [-0.25, -0.2) is 0 Å². The third-order valence-electron chi connectivity index (χ3n) is 3.39. The lowest BCUT2D eigenvalue weighted by atomic mass is 9.87. The highest BCUT2D eigenvalue weighted by Gasteiger charge is 2.13. The Bertz CT molecular complexity index is 600. The molecule has 2 rings (SSSR count). The summed E-state index contributed by atoms with van der Waals surface area (Å²) in [6, 6.07) is 15.0. The van der Waals surface area contributed by atoms with Crippen LogP contribution in [0.3, 0.4) is 0 Å². The molecule has 0 aliphatic carbocycles. The number of benzene rings is 2. The molecule has 21 heavy (non-hydrogen) atoms. The van der Waals surface area contributed by atoms with E-state index in [9.17, 15) is 0 Å². The summed E-state index contributed by atoms with van der Waals surface area (Å²) in [4.78, 5) is 2.38. The van der Waals surface area contributed by atoms with E-state index in [4.69, 9.17) is 17.3 Å². The van der Waals surface area contributed by atoms with Crippen molar-refractivity contribution < 1.29 is 0 Å². The fraction of sp³-hybridized carbons (Fsp3) is 0.333. The van der Waals surface area contributed by atoms with Crippen molar-refractivity contribution in [3.8, 4) is 0 Å². The summed E-state index contributed by atoms with van der Waals surface area (Å²) in [7, 11) is 0. The molecule has 0 saturated heterocycles. The smallest absolute Gasteiger partial charge is 0.0449 e. The monoisotopic (exact) mass is 319 g/mol. The lowest BCUT2D eigenvalue weighted by Gasteiger charge is -2.19. The highest BCUT2D eigenvalue weighted by Crippen LogP contribution is 2.32. The molecule has 1 nitrogen and oxygen atoms in total. The van der Waals surface area contributed by atoms with Gasteiger partial charge in [0.05, 0.1) is 0 Å². The standard InChI is InChI=1S/C18H22ClNS/c1-18(2,3)14-5-8-15(9-6-14)21-16-7-4-13(10-11-20)17(19)12-16/h4-9,12H,10-11,20H2,1-3H3. The second-order valence-corrected chi connectivity index (χ2v) is 7.72. The molecule has 112 valence electrons. The Labute approximate surface area is 136 Å². The zero-order chi connectivity index (χ0) is 15.5. The molecular weight excluding hydrogens is 298 g/mol. The maximum Gasteiger partial charge on any atom is 0.0449 e. The van der Waals surface area contributed by atoms with Crippen LogP contribution in [0.5, 0.6) is 0 Å². The maximum absolute atomic E-state index is 6.29. The van der Waals surface area contributed by atoms with Crippen LogP contribution >= 0.6 is 23.4 Å². The van der Waals surface area contributed by atoms with Crippen molar-refractivity contribution >= 4 is 23.4 Å². The van der Waals surface area contributed by atoms with Gasteiger partial charge in [-0.2, -0.15) is 0 Å². The van der Waals surface area contributed by atoms with Gasteiger partial charge in [0.15, 0.2) is 0 Å². The van der Waals surface area contributed by atoms with E-state index in [0.717, 1.165) is 21.9 Å². The predicted molar refractivity (Wildman–Crippen MR) is 93.5 cm³/mol. The van der Waals surface area contributed by atoms with E-state index in [1.807, 2.05) is 6.07 Å². The minimum absolute atomic E-state index is 0.191. The first kappa shape index (κ1) is 16.4. The van der Waals surface area contributed by atoms with Crippen LogP contribution in [-0.2, 0) is 11.8 Å². The van der Waals surface area contributed by atoms with Crippen molar-refractivity contribution in [3.05, 3.63) is 58.6 Å². The molecule has 0 aliphatic rings. The van der Waals surface area contributed by atoms with Crippen LogP contribution < -0.4 is 5.73 Å². The molecule has 0 aromatic heterocycles. The van der Waals surface area contributed by atoms with Gasteiger partial charge in [-0.3, -0.25) is 0 Å². The lowest BCUT2D eigenvalue weighted by molar-refractivity contribution is 0.590. The van der Waals surface area contributed by atoms with Crippen molar-refractivity contribution in [3.63, 3.8) is 0 Å². The molecule has 2 aromatic rings. The van der Waals surface area contributed by atoms with Gasteiger partial charge in [0.1, 0.15) is 0 Å². The van der Waals surface area contributed by atoms with Gasteiger partial charge in [0, 0.05) is 14.8 Å². The summed E-state index contributed by atoms with van der Waals surface area (Å²) in [5, 5.41) is 0.803. The zero-order valence-corrected chi connectivity index (χ0v) is 14.4. The van der Waals surface area contributed by atoms with Crippen molar-refractivity contribution in [1.29, 1.82) is 0 Å². The number of hydrogen-bond acceptors (Lipinski definition) is 2. The van der Waals surface area contributed by atoms with Crippen LogP contribution in [0, 0.1) is 0 Å².